The van der Waals surface area contributed by atoms with Gasteiger partial charge in [-0.1, -0.05) is 50.6 Å². The van der Waals surface area contributed by atoms with Crippen molar-refractivity contribution in [3.63, 3.8) is 0 Å². The molecule has 0 saturated carbocycles. The smallest absolute Gasteiger partial charge is 0.278 e. The molecule has 0 aliphatic carbocycles. The molecule has 0 aliphatic rings. The molecule has 31 heavy (non-hydrogen) atoms. The van der Waals surface area contributed by atoms with Crippen molar-refractivity contribution in [2.75, 3.05) is 5.32 Å². The fourth-order valence-corrected chi connectivity index (χ4v) is 3.89. The second-order valence-corrected chi connectivity index (χ2v) is 8.39. The topological polar surface area (TPSA) is 85.6 Å². The van der Waals surface area contributed by atoms with E-state index in [9.17, 15) is 9.18 Å². The standard InChI is InChI=1S/C21H16BrFN6OS/c1-13-3-6-15(7-4-13)29-18(12-31-21-24-9-2-10-25-21)19(27-28-29)20(30)26-17-8-5-14(22)11-16(17)23/h2-11H,12H2,1H3,(H,26,30). The highest BCUT2D eigenvalue weighted by Gasteiger charge is 2.22. The van der Waals surface area contributed by atoms with Gasteiger partial charge in [0.15, 0.2) is 10.9 Å². The molecule has 0 bridgehead atoms. The molecule has 0 aliphatic heterocycles. The first-order valence-electron chi connectivity index (χ1n) is 9.19. The van der Waals surface area contributed by atoms with Gasteiger partial charge in [-0.15, -0.1) is 5.10 Å². The molecule has 0 unspecified atom stereocenters. The van der Waals surface area contributed by atoms with E-state index >= 15 is 0 Å². The summed E-state index contributed by atoms with van der Waals surface area (Å²) in [6, 6.07) is 13.8. The minimum absolute atomic E-state index is 0.0584. The number of nitrogens with zero attached hydrogens (tertiary/aromatic N) is 5. The first kappa shape index (κ1) is 21.1. The molecule has 1 amide bonds. The molecule has 0 fully saturated rings. The molecule has 0 atom stereocenters. The summed E-state index contributed by atoms with van der Waals surface area (Å²) in [6.45, 7) is 1.99. The van der Waals surface area contributed by atoms with Crippen molar-refractivity contribution < 1.29 is 9.18 Å². The van der Waals surface area contributed by atoms with Crippen LogP contribution in [0.5, 0.6) is 0 Å². The number of carbonyl (C=O) groups excluding carboxylic acids is 1. The summed E-state index contributed by atoms with van der Waals surface area (Å²) in [5.74, 6) is -0.761. The summed E-state index contributed by atoms with van der Waals surface area (Å²) in [6.07, 6.45) is 3.30. The molecule has 1 N–H and O–H groups in total. The predicted molar refractivity (Wildman–Crippen MR) is 120 cm³/mol. The van der Waals surface area contributed by atoms with Crippen molar-refractivity contribution in [1.29, 1.82) is 0 Å². The summed E-state index contributed by atoms with van der Waals surface area (Å²) < 4.78 is 16.4. The van der Waals surface area contributed by atoms with Gasteiger partial charge >= 0.3 is 0 Å². The van der Waals surface area contributed by atoms with E-state index in [1.807, 2.05) is 31.2 Å². The molecular formula is C21H16BrFN6OS. The second kappa shape index (κ2) is 9.36. The Morgan fingerprint density at radius 2 is 1.90 bits per heavy atom. The molecule has 4 rings (SSSR count). The van der Waals surface area contributed by atoms with Gasteiger partial charge in [0.25, 0.3) is 5.91 Å². The maximum atomic E-state index is 14.2. The second-order valence-electron chi connectivity index (χ2n) is 6.53. The number of rotatable bonds is 6. The molecule has 0 spiro atoms. The average Bonchev–Trinajstić information content (AvgIpc) is 3.19. The largest absolute Gasteiger partial charge is 0.318 e. The van der Waals surface area contributed by atoms with E-state index in [-0.39, 0.29) is 11.4 Å². The lowest BCUT2D eigenvalue weighted by Crippen LogP contribution is -2.16. The zero-order valence-electron chi connectivity index (χ0n) is 16.3. The molecule has 10 heteroatoms. The average molecular weight is 499 g/mol. The van der Waals surface area contributed by atoms with Crippen LogP contribution in [-0.4, -0.2) is 30.9 Å². The highest BCUT2D eigenvalue weighted by atomic mass is 79.9. The highest BCUT2D eigenvalue weighted by Crippen LogP contribution is 2.25. The summed E-state index contributed by atoms with van der Waals surface area (Å²) in [4.78, 5) is 21.3. The zero-order chi connectivity index (χ0) is 21.8. The summed E-state index contributed by atoms with van der Waals surface area (Å²) in [5.41, 5.74) is 2.57. The van der Waals surface area contributed by atoms with Crippen LogP contribution in [0.25, 0.3) is 5.69 Å². The molecular weight excluding hydrogens is 483 g/mol. The first-order valence-corrected chi connectivity index (χ1v) is 11.0. The number of amides is 1. The van der Waals surface area contributed by atoms with Crippen LogP contribution in [0, 0.1) is 12.7 Å². The molecule has 4 aromatic rings. The van der Waals surface area contributed by atoms with Crippen LogP contribution < -0.4 is 5.32 Å². The number of benzene rings is 2. The third-order valence-corrected chi connectivity index (χ3v) is 5.70. The van der Waals surface area contributed by atoms with Gasteiger partial charge in [0.1, 0.15) is 5.82 Å². The lowest BCUT2D eigenvalue weighted by molar-refractivity contribution is 0.102. The monoisotopic (exact) mass is 498 g/mol. The maximum absolute atomic E-state index is 14.2. The Balaban J connectivity index is 1.67. The molecule has 2 heterocycles. The van der Waals surface area contributed by atoms with Gasteiger partial charge in [0.05, 0.1) is 17.1 Å². The number of hydrogen-bond donors (Lipinski definition) is 1. The maximum Gasteiger partial charge on any atom is 0.278 e. The molecule has 2 aromatic carbocycles. The van der Waals surface area contributed by atoms with Gasteiger partial charge in [-0.25, -0.2) is 19.0 Å². The Kier molecular flexibility index (Phi) is 6.38. The van der Waals surface area contributed by atoms with Gasteiger partial charge in [-0.05, 0) is 43.3 Å². The first-order chi connectivity index (χ1) is 15.0. The Morgan fingerprint density at radius 1 is 1.16 bits per heavy atom. The van der Waals surface area contributed by atoms with Gasteiger partial charge in [0.2, 0.25) is 0 Å². The van der Waals surface area contributed by atoms with Gasteiger partial charge < -0.3 is 5.32 Å². The summed E-state index contributed by atoms with van der Waals surface area (Å²) in [7, 11) is 0. The van der Waals surface area contributed by atoms with E-state index in [0.717, 1.165) is 11.3 Å². The van der Waals surface area contributed by atoms with Crippen LogP contribution in [0.15, 0.2) is 70.6 Å². The third kappa shape index (κ3) is 4.97. The van der Waals surface area contributed by atoms with Gasteiger partial charge in [0, 0.05) is 22.6 Å². The van der Waals surface area contributed by atoms with Crippen molar-refractivity contribution in [3.05, 3.63) is 88.2 Å². The van der Waals surface area contributed by atoms with E-state index in [1.165, 1.54) is 23.9 Å². The number of halogens is 2. The SMILES string of the molecule is Cc1ccc(-n2nnc(C(=O)Nc3ccc(Br)cc3F)c2CSc2ncccn2)cc1. The van der Waals surface area contributed by atoms with E-state index in [2.05, 4.69) is 41.5 Å². The highest BCUT2D eigenvalue weighted by molar-refractivity contribution is 9.10. The normalized spacial score (nSPS) is 10.8. The quantitative estimate of drug-likeness (QED) is 0.303. The minimum Gasteiger partial charge on any atom is -0.318 e. The van der Waals surface area contributed by atoms with Crippen molar-refractivity contribution in [3.8, 4) is 5.69 Å². The van der Waals surface area contributed by atoms with Crippen molar-refractivity contribution in [2.24, 2.45) is 0 Å². The van der Waals surface area contributed by atoms with Crippen LogP contribution >= 0.6 is 27.7 Å². The van der Waals surface area contributed by atoms with Crippen molar-refractivity contribution >= 4 is 39.3 Å². The fraction of sp³-hybridized carbons (Fsp3) is 0.0952. The number of nitrogens with one attached hydrogen (secondary N) is 1. The van der Waals surface area contributed by atoms with Crippen LogP contribution in [-0.2, 0) is 5.75 Å². The lowest BCUT2D eigenvalue weighted by Gasteiger charge is -2.09. The van der Waals surface area contributed by atoms with Gasteiger partial charge in [-0.3, -0.25) is 4.79 Å². The number of hydrogen-bond acceptors (Lipinski definition) is 6. The van der Waals surface area contributed by atoms with E-state index in [0.29, 0.717) is 21.1 Å². The number of aryl methyl sites for hydroxylation is 1. The molecule has 2 aromatic heterocycles. The van der Waals surface area contributed by atoms with E-state index < -0.39 is 11.7 Å². The minimum atomic E-state index is -0.553. The van der Waals surface area contributed by atoms with Gasteiger partial charge in [-0.2, -0.15) is 0 Å². The Bertz CT molecular complexity index is 1220. The summed E-state index contributed by atoms with van der Waals surface area (Å²) in [5, 5.41) is 11.4. The summed E-state index contributed by atoms with van der Waals surface area (Å²) >= 11 is 4.55. The Morgan fingerprint density at radius 3 is 2.61 bits per heavy atom. The van der Waals surface area contributed by atoms with Crippen molar-refractivity contribution in [1.82, 2.24) is 25.0 Å². The number of anilines is 1. The van der Waals surface area contributed by atoms with Crippen LogP contribution in [0.3, 0.4) is 0 Å². The zero-order valence-corrected chi connectivity index (χ0v) is 18.7. The van der Waals surface area contributed by atoms with E-state index in [1.54, 1.807) is 29.2 Å². The number of thioether (sulfide) groups is 1. The van der Waals surface area contributed by atoms with Crippen molar-refractivity contribution in [2.45, 2.75) is 17.8 Å². The fourth-order valence-electron chi connectivity index (χ4n) is 2.77. The Labute approximate surface area is 190 Å². The number of carbonyl (C=O) groups is 1. The Hall–Kier alpha value is -3.11. The molecule has 7 nitrogen and oxygen atoms in total. The predicted octanol–water partition coefficient (Wildman–Crippen LogP) is 4.81. The molecule has 0 saturated heterocycles. The van der Waals surface area contributed by atoms with Crippen LogP contribution in [0.4, 0.5) is 10.1 Å². The lowest BCUT2D eigenvalue weighted by atomic mass is 10.2. The molecule has 156 valence electrons. The third-order valence-electron chi connectivity index (χ3n) is 4.32. The van der Waals surface area contributed by atoms with Crippen LogP contribution in [0.1, 0.15) is 21.7 Å². The van der Waals surface area contributed by atoms with Crippen LogP contribution in [0.2, 0.25) is 0 Å². The number of aromatic nitrogens is 5. The molecule has 0 radical (unpaired) electrons. The van der Waals surface area contributed by atoms with E-state index in [4.69, 9.17) is 0 Å².